The summed E-state index contributed by atoms with van der Waals surface area (Å²) in [4.78, 5) is 5.51. The van der Waals surface area contributed by atoms with Crippen LogP contribution in [0.3, 0.4) is 0 Å². The summed E-state index contributed by atoms with van der Waals surface area (Å²) in [6.07, 6.45) is 3.66. The lowest BCUT2D eigenvalue weighted by atomic mass is 9.64. The average Bonchev–Trinajstić information content (AvgIpc) is 2.00. The van der Waals surface area contributed by atoms with Crippen LogP contribution < -0.4 is 0 Å². The predicted molar refractivity (Wildman–Crippen MR) is 49.1 cm³/mol. The molecule has 0 radical (unpaired) electrons. The molecule has 0 aromatic carbocycles. The van der Waals surface area contributed by atoms with Gasteiger partial charge in [0.2, 0.25) is 0 Å². The quantitative estimate of drug-likeness (QED) is 0.343. The van der Waals surface area contributed by atoms with Gasteiger partial charge in [-0.15, -0.1) is 0 Å². The van der Waals surface area contributed by atoms with Gasteiger partial charge in [-0.2, -0.15) is 0 Å². The van der Waals surface area contributed by atoms with Crippen LogP contribution in [0.2, 0.25) is 0 Å². The lowest BCUT2D eigenvalue weighted by Gasteiger charge is -2.56. The monoisotopic (exact) mass is 178 g/mol. The van der Waals surface area contributed by atoms with Gasteiger partial charge in [0.05, 0.1) is 5.54 Å². The van der Waals surface area contributed by atoms with Gasteiger partial charge in [-0.1, -0.05) is 5.11 Å². The molecule has 0 aromatic heterocycles. The standard InChI is InChI=1S/C9H14N4/c10-12-11-9-2-7-1-8(3-9)5-13(4-7)6-9/h7-8H,1-6H2. The smallest absolute Gasteiger partial charge is 0.0621 e. The summed E-state index contributed by atoms with van der Waals surface area (Å²) in [7, 11) is 0. The molecule has 0 N–H and O–H groups in total. The summed E-state index contributed by atoms with van der Waals surface area (Å²) in [6, 6.07) is 0. The first kappa shape index (κ1) is 7.65. The number of rotatable bonds is 1. The number of azide groups is 1. The zero-order valence-corrected chi connectivity index (χ0v) is 7.69. The highest BCUT2D eigenvalue weighted by Gasteiger charge is 2.49. The topological polar surface area (TPSA) is 52.0 Å². The summed E-state index contributed by atoms with van der Waals surface area (Å²) in [5, 5.41) is 4.06. The van der Waals surface area contributed by atoms with Gasteiger partial charge in [-0.05, 0) is 36.6 Å². The van der Waals surface area contributed by atoms with Crippen LogP contribution in [0, 0.1) is 11.8 Å². The van der Waals surface area contributed by atoms with Crippen molar-refractivity contribution in [1.82, 2.24) is 4.90 Å². The molecule has 2 unspecified atom stereocenters. The van der Waals surface area contributed by atoms with Gasteiger partial charge >= 0.3 is 0 Å². The molecule has 4 bridgehead atoms. The zero-order valence-electron chi connectivity index (χ0n) is 7.69. The van der Waals surface area contributed by atoms with Crippen LogP contribution in [0.15, 0.2) is 5.11 Å². The molecule has 4 nitrogen and oxygen atoms in total. The van der Waals surface area contributed by atoms with Crippen LogP contribution >= 0.6 is 0 Å². The van der Waals surface area contributed by atoms with Crippen LogP contribution in [-0.4, -0.2) is 30.1 Å². The Labute approximate surface area is 77.5 Å². The molecular formula is C9H14N4. The summed E-state index contributed by atoms with van der Waals surface area (Å²) in [5.41, 5.74) is 8.55. The fraction of sp³-hybridized carbons (Fsp3) is 1.00. The number of hydrogen-bond acceptors (Lipinski definition) is 2. The molecular weight excluding hydrogens is 164 g/mol. The Bertz CT molecular complexity index is 244. The Kier molecular flexibility index (Phi) is 1.41. The molecule has 1 saturated carbocycles. The minimum atomic E-state index is -0.0150. The highest BCUT2D eigenvalue weighted by Crippen LogP contribution is 2.47. The molecule has 3 heterocycles. The molecule has 2 atom stereocenters. The van der Waals surface area contributed by atoms with Gasteiger partial charge in [0.15, 0.2) is 0 Å². The highest BCUT2D eigenvalue weighted by atomic mass is 15.3. The molecule has 3 saturated heterocycles. The molecule has 4 heteroatoms. The molecule has 0 aromatic rings. The van der Waals surface area contributed by atoms with E-state index in [-0.39, 0.29) is 5.54 Å². The maximum Gasteiger partial charge on any atom is 0.0621 e. The van der Waals surface area contributed by atoms with Crippen molar-refractivity contribution in [1.29, 1.82) is 0 Å². The van der Waals surface area contributed by atoms with Crippen molar-refractivity contribution in [3.05, 3.63) is 10.4 Å². The molecule has 70 valence electrons. The van der Waals surface area contributed by atoms with Crippen LogP contribution in [-0.2, 0) is 0 Å². The minimum Gasteiger partial charge on any atom is -0.302 e. The van der Waals surface area contributed by atoms with E-state index in [0.29, 0.717) is 0 Å². The van der Waals surface area contributed by atoms with E-state index in [4.69, 9.17) is 5.53 Å². The molecule has 3 aliphatic heterocycles. The van der Waals surface area contributed by atoms with Crippen LogP contribution in [0.25, 0.3) is 10.4 Å². The van der Waals surface area contributed by atoms with Crippen LogP contribution in [0.1, 0.15) is 19.3 Å². The maximum absolute atomic E-state index is 8.57. The third kappa shape index (κ3) is 1.06. The lowest BCUT2D eigenvalue weighted by molar-refractivity contribution is -0.0327. The second-order valence-electron chi connectivity index (χ2n) is 4.98. The second kappa shape index (κ2) is 2.40. The Morgan fingerprint density at radius 1 is 1.31 bits per heavy atom. The largest absolute Gasteiger partial charge is 0.302 e. The highest BCUT2D eigenvalue weighted by molar-refractivity contribution is 5.07. The third-order valence-corrected chi connectivity index (χ3v) is 3.81. The van der Waals surface area contributed by atoms with E-state index in [1.165, 1.54) is 19.5 Å². The van der Waals surface area contributed by atoms with Crippen LogP contribution in [0.5, 0.6) is 0 Å². The van der Waals surface area contributed by atoms with E-state index in [1.54, 1.807) is 0 Å². The zero-order chi connectivity index (χ0) is 8.89. The van der Waals surface area contributed by atoms with Crippen molar-refractivity contribution >= 4 is 0 Å². The van der Waals surface area contributed by atoms with E-state index in [0.717, 1.165) is 31.2 Å². The Hall–Kier alpha value is -0.730. The van der Waals surface area contributed by atoms with Crippen molar-refractivity contribution in [3.8, 4) is 0 Å². The van der Waals surface area contributed by atoms with Gasteiger partial charge in [0, 0.05) is 24.5 Å². The fourth-order valence-electron chi connectivity index (χ4n) is 3.76. The second-order valence-corrected chi connectivity index (χ2v) is 4.98. The molecule has 1 aliphatic carbocycles. The maximum atomic E-state index is 8.57. The van der Waals surface area contributed by atoms with Crippen molar-refractivity contribution in [2.75, 3.05) is 19.6 Å². The first-order valence-corrected chi connectivity index (χ1v) is 5.08. The number of hydrogen-bond donors (Lipinski definition) is 0. The van der Waals surface area contributed by atoms with Gasteiger partial charge in [0.25, 0.3) is 0 Å². The minimum absolute atomic E-state index is 0.0150. The molecule has 4 rings (SSSR count). The molecule has 13 heavy (non-hydrogen) atoms. The van der Waals surface area contributed by atoms with E-state index in [1.807, 2.05) is 0 Å². The van der Waals surface area contributed by atoms with Crippen molar-refractivity contribution in [2.45, 2.75) is 24.8 Å². The Morgan fingerprint density at radius 2 is 2.00 bits per heavy atom. The first-order chi connectivity index (χ1) is 6.30. The van der Waals surface area contributed by atoms with E-state index in [2.05, 4.69) is 14.9 Å². The van der Waals surface area contributed by atoms with Gasteiger partial charge in [-0.3, -0.25) is 0 Å². The van der Waals surface area contributed by atoms with Gasteiger partial charge < -0.3 is 4.90 Å². The fourth-order valence-corrected chi connectivity index (χ4v) is 3.76. The summed E-state index contributed by atoms with van der Waals surface area (Å²) in [5.74, 6) is 1.62. The number of piperidine rings is 3. The van der Waals surface area contributed by atoms with E-state index < -0.39 is 0 Å². The van der Waals surface area contributed by atoms with Crippen molar-refractivity contribution in [3.63, 3.8) is 0 Å². The normalized spacial score (nSPS) is 51.8. The molecule has 4 aliphatic rings. The van der Waals surface area contributed by atoms with E-state index in [9.17, 15) is 0 Å². The molecule has 0 amide bonds. The van der Waals surface area contributed by atoms with E-state index >= 15 is 0 Å². The van der Waals surface area contributed by atoms with Crippen molar-refractivity contribution < 1.29 is 0 Å². The Balaban J connectivity index is 1.95. The van der Waals surface area contributed by atoms with Gasteiger partial charge in [0.1, 0.15) is 0 Å². The molecule has 4 fully saturated rings. The third-order valence-electron chi connectivity index (χ3n) is 3.81. The lowest BCUT2D eigenvalue weighted by Crippen LogP contribution is -2.61. The first-order valence-electron chi connectivity index (χ1n) is 5.08. The molecule has 0 spiro atoms. The van der Waals surface area contributed by atoms with Gasteiger partial charge in [-0.25, -0.2) is 0 Å². The van der Waals surface area contributed by atoms with Crippen molar-refractivity contribution in [2.24, 2.45) is 17.0 Å². The summed E-state index contributed by atoms with van der Waals surface area (Å²) < 4.78 is 0. The van der Waals surface area contributed by atoms with Crippen LogP contribution in [0.4, 0.5) is 0 Å². The summed E-state index contributed by atoms with van der Waals surface area (Å²) in [6.45, 7) is 3.52. The number of nitrogens with zero attached hydrogens (tertiary/aromatic N) is 4. The Morgan fingerprint density at radius 3 is 2.54 bits per heavy atom. The average molecular weight is 178 g/mol. The summed E-state index contributed by atoms with van der Waals surface area (Å²) >= 11 is 0. The SMILES string of the molecule is [N-]=[N+]=NC12CC3CC(CN(C3)C1)C2. The predicted octanol–water partition coefficient (Wildman–Crippen LogP) is 1.78.